The van der Waals surface area contributed by atoms with Crippen LogP contribution in [0.1, 0.15) is 27.6 Å². The van der Waals surface area contributed by atoms with Crippen LogP contribution in [0.4, 0.5) is 0 Å². The number of fused-ring (bicyclic) bond motifs is 1. The summed E-state index contributed by atoms with van der Waals surface area (Å²) in [6.07, 6.45) is 0.396. The van der Waals surface area contributed by atoms with Gasteiger partial charge < -0.3 is 10.1 Å². The van der Waals surface area contributed by atoms with E-state index in [-0.39, 0.29) is 27.7 Å². The van der Waals surface area contributed by atoms with Crippen LogP contribution in [0.5, 0.6) is 0 Å². The van der Waals surface area contributed by atoms with Crippen molar-refractivity contribution in [1.29, 1.82) is 0 Å². The average Bonchev–Trinajstić information content (AvgIpc) is 2.78. The maximum Gasteiger partial charge on any atom is 0.326 e. The minimum atomic E-state index is -1.08. The Bertz CT molecular complexity index is 737. The Morgan fingerprint density at radius 2 is 1.76 bits per heavy atom. The number of esters is 1. The summed E-state index contributed by atoms with van der Waals surface area (Å²) < 4.78 is 4.93. The summed E-state index contributed by atoms with van der Waals surface area (Å²) >= 11 is 11.7. The summed E-state index contributed by atoms with van der Waals surface area (Å²) in [4.78, 5) is 48.8. The quantitative estimate of drug-likeness (QED) is 0.458. The number of amides is 3. The van der Waals surface area contributed by atoms with Crippen LogP contribution in [0.2, 0.25) is 10.0 Å². The molecular weight excluding hydrogens is 371 g/mol. The van der Waals surface area contributed by atoms with Crippen LogP contribution < -0.4 is 5.32 Å². The molecule has 132 valence electrons. The molecule has 0 bridgehead atoms. The molecule has 3 amide bonds. The van der Waals surface area contributed by atoms with Crippen molar-refractivity contribution in [2.24, 2.45) is 0 Å². The molecule has 1 aromatic rings. The molecular formula is C16H14Cl2N2O5. The summed E-state index contributed by atoms with van der Waals surface area (Å²) in [6, 6.07) is 2.55. The van der Waals surface area contributed by atoms with E-state index in [1.165, 1.54) is 25.1 Å². The Morgan fingerprint density at radius 1 is 1.24 bits per heavy atom. The fraction of sp³-hybridized carbons (Fsp3) is 0.250. The van der Waals surface area contributed by atoms with Gasteiger partial charge in [0.25, 0.3) is 17.7 Å². The molecule has 0 spiro atoms. The molecule has 0 aromatic heterocycles. The summed E-state index contributed by atoms with van der Waals surface area (Å²) in [5, 5.41) is 2.71. The lowest BCUT2D eigenvalue weighted by Crippen LogP contribution is -2.40. The first-order chi connectivity index (χ1) is 11.8. The Labute approximate surface area is 153 Å². The van der Waals surface area contributed by atoms with E-state index < -0.39 is 36.3 Å². The smallest absolute Gasteiger partial charge is 0.326 e. The molecule has 0 fully saturated rings. The van der Waals surface area contributed by atoms with Crippen molar-refractivity contribution in [2.45, 2.75) is 13.0 Å². The second-order valence-corrected chi connectivity index (χ2v) is 5.99. The van der Waals surface area contributed by atoms with Crippen molar-refractivity contribution in [1.82, 2.24) is 10.2 Å². The number of hydrogen-bond acceptors (Lipinski definition) is 5. The number of halogens is 2. The first-order valence-electron chi connectivity index (χ1n) is 7.19. The number of nitrogens with zero attached hydrogens (tertiary/aromatic N) is 1. The Morgan fingerprint density at radius 3 is 2.24 bits per heavy atom. The lowest BCUT2D eigenvalue weighted by Gasteiger charge is -2.16. The largest absolute Gasteiger partial charge is 0.451 e. The first kappa shape index (κ1) is 19.0. The van der Waals surface area contributed by atoms with Gasteiger partial charge in [-0.15, -0.1) is 6.58 Å². The van der Waals surface area contributed by atoms with Gasteiger partial charge in [0.05, 0.1) is 21.2 Å². The molecule has 1 N–H and O–H groups in total. The van der Waals surface area contributed by atoms with Crippen LogP contribution in [0.25, 0.3) is 0 Å². The topological polar surface area (TPSA) is 92.8 Å². The number of carbonyl (C=O) groups excluding carboxylic acids is 4. The molecule has 1 aliphatic rings. The molecule has 2 rings (SSSR count). The molecule has 25 heavy (non-hydrogen) atoms. The van der Waals surface area contributed by atoms with Crippen molar-refractivity contribution >= 4 is 46.9 Å². The maximum atomic E-state index is 12.3. The standard InChI is InChI=1S/C16H14Cl2N2O5/c1-3-4-19-14(22)8(2)25-13(21)7-20-15(23)9-5-11(17)12(18)6-10(9)16(20)24/h3,5-6,8H,1,4,7H2,2H3,(H,19,22)/t8-/m1/s1. The van der Waals surface area contributed by atoms with Gasteiger partial charge in [-0.2, -0.15) is 0 Å². The van der Waals surface area contributed by atoms with E-state index in [9.17, 15) is 19.2 Å². The lowest BCUT2D eigenvalue weighted by atomic mass is 10.1. The predicted octanol–water partition coefficient (Wildman–Crippen LogP) is 1.82. The second kappa shape index (κ2) is 7.67. The summed E-state index contributed by atoms with van der Waals surface area (Å²) in [5.74, 6) is -2.78. The SMILES string of the molecule is C=CCNC(=O)[C@@H](C)OC(=O)CN1C(=O)c2cc(Cl)c(Cl)cc2C1=O. The minimum Gasteiger partial charge on any atom is -0.451 e. The van der Waals surface area contributed by atoms with Gasteiger partial charge in [0.15, 0.2) is 6.10 Å². The van der Waals surface area contributed by atoms with E-state index in [1.807, 2.05) is 0 Å². The number of imide groups is 1. The zero-order valence-corrected chi connectivity index (χ0v) is 14.7. The molecule has 0 saturated heterocycles. The number of carbonyl (C=O) groups is 4. The normalized spacial score (nSPS) is 14.1. The van der Waals surface area contributed by atoms with E-state index in [4.69, 9.17) is 27.9 Å². The fourth-order valence-corrected chi connectivity index (χ4v) is 2.49. The number of nitrogens with one attached hydrogen (secondary N) is 1. The monoisotopic (exact) mass is 384 g/mol. The molecule has 1 heterocycles. The van der Waals surface area contributed by atoms with Crippen molar-refractivity contribution in [3.8, 4) is 0 Å². The third-order valence-electron chi connectivity index (χ3n) is 3.40. The molecule has 7 nitrogen and oxygen atoms in total. The highest BCUT2D eigenvalue weighted by Crippen LogP contribution is 2.31. The minimum absolute atomic E-state index is 0.0592. The van der Waals surface area contributed by atoms with Crippen LogP contribution >= 0.6 is 23.2 Å². The van der Waals surface area contributed by atoms with Crippen LogP contribution in [-0.4, -0.2) is 47.8 Å². The van der Waals surface area contributed by atoms with Crippen molar-refractivity contribution in [3.05, 3.63) is 46.0 Å². The molecule has 1 aliphatic heterocycles. The van der Waals surface area contributed by atoms with Gasteiger partial charge in [-0.25, -0.2) is 0 Å². The molecule has 9 heteroatoms. The van der Waals surface area contributed by atoms with Crippen LogP contribution in [0.3, 0.4) is 0 Å². The van der Waals surface area contributed by atoms with Gasteiger partial charge in [0.2, 0.25) is 0 Å². The number of rotatable bonds is 6. The van der Waals surface area contributed by atoms with Gasteiger partial charge in [-0.3, -0.25) is 24.1 Å². The van der Waals surface area contributed by atoms with E-state index in [1.54, 1.807) is 0 Å². The van der Waals surface area contributed by atoms with Crippen molar-refractivity contribution < 1.29 is 23.9 Å². The van der Waals surface area contributed by atoms with Crippen LogP contribution in [-0.2, 0) is 14.3 Å². The third kappa shape index (κ3) is 4.00. The third-order valence-corrected chi connectivity index (χ3v) is 4.12. The summed E-state index contributed by atoms with van der Waals surface area (Å²) in [7, 11) is 0. The Kier molecular flexibility index (Phi) is 5.81. The van der Waals surface area contributed by atoms with E-state index >= 15 is 0 Å². The summed E-state index contributed by atoms with van der Waals surface area (Å²) in [5.41, 5.74) is 0.118. The maximum absolute atomic E-state index is 12.3. The average molecular weight is 385 g/mol. The molecule has 1 aromatic carbocycles. The van der Waals surface area contributed by atoms with Crippen LogP contribution in [0.15, 0.2) is 24.8 Å². The Hall–Kier alpha value is -2.38. The van der Waals surface area contributed by atoms with Crippen LogP contribution in [0, 0.1) is 0 Å². The van der Waals surface area contributed by atoms with E-state index in [2.05, 4.69) is 11.9 Å². The molecule has 0 radical (unpaired) electrons. The molecule has 0 unspecified atom stereocenters. The van der Waals surface area contributed by atoms with Gasteiger partial charge in [-0.1, -0.05) is 29.3 Å². The summed E-state index contributed by atoms with van der Waals surface area (Å²) in [6.45, 7) is 4.42. The van der Waals surface area contributed by atoms with Gasteiger partial charge in [0.1, 0.15) is 6.54 Å². The number of hydrogen-bond donors (Lipinski definition) is 1. The van der Waals surface area contributed by atoms with Gasteiger partial charge in [-0.05, 0) is 19.1 Å². The zero-order chi connectivity index (χ0) is 18.7. The van der Waals surface area contributed by atoms with E-state index in [0.29, 0.717) is 4.90 Å². The molecule has 1 atom stereocenters. The van der Waals surface area contributed by atoms with Gasteiger partial charge >= 0.3 is 5.97 Å². The first-order valence-corrected chi connectivity index (χ1v) is 7.95. The number of benzene rings is 1. The highest BCUT2D eigenvalue weighted by molar-refractivity contribution is 6.43. The van der Waals surface area contributed by atoms with Crippen molar-refractivity contribution in [2.75, 3.05) is 13.1 Å². The fourth-order valence-electron chi connectivity index (χ4n) is 2.16. The molecule has 0 aliphatic carbocycles. The highest BCUT2D eigenvalue weighted by atomic mass is 35.5. The Balaban J connectivity index is 2.05. The zero-order valence-electron chi connectivity index (χ0n) is 13.2. The highest BCUT2D eigenvalue weighted by Gasteiger charge is 2.38. The second-order valence-electron chi connectivity index (χ2n) is 5.17. The molecule has 0 saturated carbocycles. The van der Waals surface area contributed by atoms with Gasteiger partial charge in [0, 0.05) is 6.54 Å². The predicted molar refractivity (Wildman–Crippen MR) is 90.6 cm³/mol. The lowest BCUT2D eigenvalue weighted by molar-refractivity contribution is -0.154. The number of ether oxygens (including phenoxy) is 1. The van der Waals surface area contributed by atoms with E-state index in [0.717, 1.165) is 0 Å². The van der Waals surface area contributed by atoms with Crippen molar-refractivity contribution in [3.63, 3.8) is 0 Å².